The number of amidine groups is 1. The third-order valence-corrected chi connectivity index (χ3v) is 5.28. The van der Waals surface area contributed by atoms with Gasteiger partial charge < -0.3 is 9.47 Å². The van der Waals surface area contributed by atoms with Gasteiger partial charge in [-0.15, -0.1) is 0 Å². The Morgan fingerprint density at radius 3 is 2.65 bits per heavy atom. The standard InChI is InChI=1S/C26H27FN6O4/c1-15(19-13-16(23(28)32-35)6-9-21(19)33-11-5-10-29-33)36-22-14-17-12-18(27)7-8-20(17)30-24(22)31-25(34)37-26(2,3)4/h5-15,35H,1-4H3,(H2,28,32)(H,30,31,34)/t15-/m0/s1. The van der Waals surface area contributed by atoms with Gasteiger partial charge in [0.1, 0.15) is 23.4 Å². The lowest BCUT2D eigenvalue weighted by Gasteiger charge is -2.23. The fraction of sp³-hybridized carbons (Fsp3) is 0.231. The van der Waals surface area contributed by atoms with Gasteiger partial charge in [0, 0.05) is 28.9 Å². The summed E-state index contributed by atoms with van der Waals surface area (Å²) in [6.45, 7) is 7.00. The summed E-state index contributed by atoms with van der Waals surface area (Å²) in [4.78, 5) is 17.0. The molecule has 0 fully saturated rings. The average molecular weight is 507 g/mol. The molecule has 0 aliphatic heterocycles. The molecule has 4 aromatic rings. The number of benzene rings is 2. The minimum absolute atomic E-state index is 0.0989. The van der Waals surface area contributed by atoms with Crippen LogP contribution in [0.2, 0.25) is 0 Å². The van der Waals surface area contributed by atoms with E-state index in [4.69, 9.17) is 14.9 Å². The van der Waals surface area contributed by atoms with E-state index in [9.17, 15) is 14.4 Å². The molecule has 4 N–H and O–H groups in total. The van der Waals surface area contributed by atoms with Crippen LogP contribution in [-0.2, 0) is 4.74 Å². The van der Waals surface area contributed by atoms with Crippen molar-refractivity contribution in [3.05, 3.63) is 77.9 Å². The number of anilines is 1. The van der Waals surface area contributed by atoms with E-state index >= 15 is 0 Å². The van der Waals surface area contributed by atoms with Gasteiger partial charge in [0.15, 0.2) is 11.6 Å². The van der Waals surface area contributed by atoms with E-state index in [1.807, 2.05) is 5.48 Å². The summed E-state index contributed by atoms with van der Waals surface area (Å²) in [5.41, 5.74) is 3.27. The summed E-state index contributed by atoms with van der Waals surface area (Å²) in [5.74, 6) is -0.356. The van der Waals surface area contributed by atoms with Crippen molar-refractivity contribution in [1.29, 1.82) is 5.41 Å². The lowest BCUT2D eigenvalue weighted by molar-refractivity contribution is 0.0634. The number of carbonyl (C=O) groups is 1. The van der Waals surface area contributed by atoms with Crippen molar-refractivity contribution in [2.75, 3.05) is 5.32 Å². The largest absolute Gasteiger partial charge is 0.482 e. The van der Waals surface area contributed by atoms with Crippen molar-refractivity contribution >= 4 is 28.6 Å². The van der Waals surface area contributed by atoms with Gasteiger partial charge in [-0.2, -0.15) is 5.10 Å². The fourth-order valence-corrected chi connectivity index (χ4v) is 3.68. The maximum atomic E-state index is 13.9. The average Bonchev–Trinajstić information content (AvgIpc) is 3.37. The zero-order valence-electron chi connectivity index (χ0n) is 20.7. The highest BCUT2D eigenvalue weighted by Gasteiger charge is 2.22. The van der Waals surface area contributed by atoms with Gasteiger partial charge in [-0.1, -0.05) is 0 Å². The van der Waals surface area contributed by atoms with Crippen molar-refractivity contribution in [2.24, 2.45) is 0 Å². The summed E-state index contributed by atoms with van der Waals surface area (Å²) < 4.78 is 27.2. The number of fused-ring (bicyclic) bond motifs is 1. The molecular formula is C26H27FN6O4. The molecule has 10 nitrogen and oxygen atoms in total. The number of rotatable bonds is 6. The molecular weight excluding hydrogens is 479 g/mol. The SMILES string of the molecule is C[C@H](Oc1cc2cc(F)ccc2nc1NC(=O)OC(C)(C)C)c1cc(C(=N)NO)ccc1-n1cccn1. The fourth-order valence-electron chi connectivity index (χ4n) is 3.68. The minimum Gasteiger partial charge on any atom is -0.482 e. The topological polar surface area (TPSA) is 134 Å². The maximum Gasteiger partial charge on any atom is 0.413 e. The first-order valence-electron chi connectivity index (χ1n) is 11.4. The normalized spacial score (nSPS) is 12.2. The Labute approximate surface area is 212 Å². The second-order valence-corrected chi connectivity index (χ2v) is 9.27. The molecule has 0 aliphatic rings. The van der Waals surface area contributed by atoms with E-state index < -0.39 is 23.6 Å². The van der Waals surface area contributed by atoms with Crippen LogP contribution in [0.15, 0.2) is 60.9 Å². The second kappa shape index (κ2) is 10.2. The zero-order chi connectivity index (χ0) is 26.7. The van der Waals surface area contributed by atoms with Crippen molar-refractivity contribution in [2.45, 2.75) is 39.4 Å². The molecule has 0 radical (unpaired) electrons. The number of carbonyl (C=O) groups excluding carboxylic acids is 1. The molecule has 0 aliphatic carbocycles. The van der Waals surface area contributed by atoms with Crippen molar-refractivity contribution in [3.63, 3.8) is 0 Å². The Balaban J connectivity index is 1.76. The molecule has 2 aromatic heterocycles. The molecule has 192 valence electrons. The number of halogens is 1. The van der Waals surface area contributed by atoms with Crippen molar-refractivity contribution < 1.29 is 23.9 Å². The highest BCUT2D eigenvalue weighted by Crippen LogP contribution is 2.34. The van der Waals surface area contributed by atoms with Crippen LogP contribution in [0.5, 0.6) is 5.75 Å². The Kier molecular flexibility index (Phi) is 7.07. The Morgan fingerprint density at radius 2 is 1.97 bits per heavy atom. The monoisotopic (exact) mass is 506 g/mol. The summed E-state index contributed by atoms with van der Waals surface area (Å²) in [6, 6.07) is 12.6. The molecule has 1 amide bonds. The van der Waals surface area contributed by atoms with Gasteiger partial charge in [-0.25, -0.2) is 18.9 Å². The Morgan fingerprint density at radius 1 is 1.19 bits per heavy atom. The minimum atomic E-state index is -0.733. The van der Waals surface area contributed by atoms with E-state index in [1.165, 1.54) is 18.2 Å². The Bertz CT molecular complexity index is 1450. The van der Waals surface area contributed by atoms with Crippen LogP contribution in [0, 0.1) is 11.2 Å². The first-order valence-corrected chi connectivity index (χ1v) is 11.4. The molecule has 1 atom stereocenters. The van der Waals surface area contributed by atoms with Gasteiger partial charge >= 0.3 is 6.09 Å². The highest BCUT2D eigenvalue weighted by molar-refractivity contribution is 5.96. The van der Waals surface area contributed by atoms with Crippen LogP contribution < -0.4 is 15.5 Å². The maximum absolute atomic E-state index is 13.9. The van der Waals surface area contributed by atoms with E-state index in [1.54, 1.807) is 75.1 Å². The van der Waals surface area contributed by atoms with Gasteiger partial charge in [-0.3, -0.25) is 21.4 Å². The smallest absolute Gasteiger partial charge is 0.413 e. The van der Waals surface area contributed by atoms with Crippen LogP contribution in [0.4, 0.5) is 15.0 Å². The lowest BCUT2D eigenvalue weighted by atomic mass is 10.0. The number of nitrogens with one attached hydrogen (secondary N) is 3. The highest BCUT2D eigenvalue weighted by atomic mass is 19.1. The first kappa shape index (κ1) is 25.6. The van der Waals surface area contributed by atoms with E-state index in [0.717, 1.165) is 0 Å². The lowest BCUT2D eigenvalue weighted by Crippen LogP contribution is -2.27. The number of hydrogen-bond donors (Lipinski definition) is 4. The predicted octanol–water partition coefficient (Wildman–Crippen LogP) is 5.35. The summed E-state index contributed by atoms with van der Waals surface area (Å²) in [6.07, 6.45) is 2.01. The van der Waals surface area contributed by atoms with Gasteiger partial charge in [-0.05, 0) is 76.2 Å². The van der Waals surface area contributed by atoms with Gasteiger partial charge in [0.05, 0.1) is 11.2 Å². The van der Waals surface area contributed by atoms with Crippen LogP contribution in [0.1, 0.15) is 44.9 Å². The quantitative estimate of drug-likeness (QED) is 0.157. The number of hydrogen-bond acceptors (Lipinski definition) is 7. The third-order valence-electron chi connectivity index (χ3n) is 5.28. The second-order valence-electron chi connectivity index (χ2n) is 9.27. The number of hydroxylamine groups is 1. The molecule has 4 rings (SSSR count). The number of pyridine rings is 1. The van der Waals surface area contributed by atoms with Crippen LogP contribution in [-0.4, -0.2) is 37.5 Å². The molecule has 0 bridgehead atoms. The summed E-state index contributed by atoms with van der Waals surface area (Å²) in [7, 11) is 0. The van der Waals surface area contributed by atoms with Crippen molar-refractivity contribution in [3.8, 4) is 11.4 Å². The first-order chi connectivity index (χ1) is 17.5. The molecule has 0 unspecified atom stereocenters. The summed E-state index contributed by atoms with van der Waals surface area (Å²) >= 11 is 0. The van der Waals surface area contributed by atoms with Crippen molar-refractivity contribution in [1.82, 2.24) is 20.2 Å². The molecule has 0 saturated carbocycles. The Hall–Kier alpha value is -4.51. The number of nitrogens with zero attached hydrogens (tertiary/aromatic N) is 3. The van der Waals surface area contributed by atoms with Gasteiger partial charge in [0.2, 0.25) is 0 Å². The molecule has 11 heteroatoms. The summed E-state index contributed by atoms with van der Waals surface area (Å²) in [5, 5.41) is 24.5. The van der Waals surface area contributed by atoms with E-state index in [0.29, 0.717) is 27.7 Å². The molecule has 0 spiro atoms. The van der Waals surface area contributed by atoms with Crippen LogP contribution in [0.3, 0.4) is 0 Å². The molecule has 37 heavy (non-hydrogen) atoms. The molecule has 2 aromatic carbocycles. The van der Waals surface area contributed by atoms with E-state index in [-0.39, 0.29) is 17.4 Å². The predicted molar refractivity (Wildman–Crippen MR) is 136 cm³/mol. The van der Waals surface area contributed by atoms with Gasteiger partial charge in [0.25, 0.3) is 0 Å². The molecule has 0 saturated heterocycles. The number of aromatic nitrogens is 3. The van der Waals surface area contributed by atoms with Crippen LogP contribution >= 0.6 is 0 Å². The third kappa shape index (κ3) is 6.01. The molecule has 2 heterocycles. The zero-order valence-corrected chi connectivity index (χ0v) is 20.7. The van der Waals surface area contributed by atoms with E-state index in [2.05, 4.69) is 15.4 Å². The number of ether oxygens (including phenoxy) is 2. The number of amides is 1. The van der Waals surface area contributed by atoms with Crippen LogP contribution in [0.25, 0.3) is 16.6 Å².